The molecule has 1 unspecified atom stereocenters. The van der Waals surface area contributed by atoms with Crippen molar-refractivity contribution in [1.82, 2.24) is 4.90 Å². The lowest BCUT2D eigenvalue weighted by Gasteiger charge is -2.14. The zero-order valence-electron chi connectivity index (χ0n) is 9.39. The van der Waals surface area contributed by atoms with Crippen LogP contribution in [-0.2, 0) is 0 Å². The summed E-state index contributed by atoms with van der Waals surface area (Å²) >= 11 is 0. The SMILES string of the molecule is CCC(C)CCCCN1CCCC1. The lowest BCUT2D eigenvalue weighted by atomic mass is 10.0. The molecule has 0 aliphatic carbocycles. The molecule has 1 fully saturated rings. The third-order valence-electron chi connectivity index (χ3n) is 3.32. The van der Waals surface area contributed by atoms with Crippen molar-refractivity contribution >= 4 is 0 Å². The first kappa shape index (κ1) is 11.0. The molecule has 0 aromatic carbocycles. The molecule has 0 bridgehead atoms. The smallest absolute Gasteiger partial charge is 0.00183 e. The molecule has 0 aromatic heterocycles. The molecule has 0 saturated carbocycles. The van der Waals surface area contributed by atoms with Crippen LogP contribution in [0.25, 0.3) is 0 Å². The van der Waals surface area contributed by atoms with Gasteiger partial charge in [-0.05, 0) is 44.8 Å². The molecule has 1 aliphatic rings. The minimum atomic E-state index is 0.943. The maximum atomic E-state index is 2.62. The van der Waals surface area contributed by atoms with E-state index in [2.05, 4.69) is 18.7 Å². The number of unbranched alkanes of at least 4 members (excludes halogenated alkanes) is 1. The first-order valence-corrected chi connectivity index (χ1v) is 6.05. The van der Waals surface area contributed by atoms with Crippen LogP contribution in [0, 0.1) is 5.92 Å². The van der Waals surface area contributed by atoms with E-state index >= 15 is 0 Å². The van der Waals surface area contributed by atoms with Crippen LogP contribution in [0.1, 0.15) is 52.4 Å². The van der Waals surface area contributed by atoms with Gasteiger partial charge in [0.05, 0.1) is 0 Å². The predicted molar refractivity (Wildman–Crippen MR) is 59.0 cm³/mol. The van der Waals surface area contributed by atoms with Crippen molar-refractivity contribution in [3.8, 4) is 0 Å². The van der Waals surface area contributed by atoms with Crippen LogP contribution in [0.4, 0.5) is 0 Å². The van der Waals surface area contributed by atoms with Crippen molar-refractivity contribution in [2.45, 2.75) is 52.4 Å². The molecule has 0 N–H and O–H groups in total. The summed E-state index contributed by atoms with van der Waals surface area (Å²) in [7, 11) is 0. The normalized spacial score (nSPS) is 20.8. The molecule has 1 rings (SSSR count). The minimum absolute atomic E-state index is 0.943. The van der Waals surface area contributed by atoms with Crippen LogP contribution in [0.3, 0.4) is 0 Å². The summed E-state index contributed by atoms with van der Waals surface area (Å²) in [5.74, 6) is 0.943. The van der Waals surface area contributed by atoms with Gasteiger partial charge in [-0.1, -0.05) is 33.1 Å². The Kier molecular flexibility index (Phi) is 5.45. The Morgan fingerprint density at radius 3 is 2.46 bits per heavy atom. The highest BCUT2D eigenvalue weighted by Crippen LogP contribution is 2.13. The minimum Gasteiger partial charge on any atom is -0.303 e. The van der Waals surface area contributed by atoms with Gasteiger partial charge in [0.25, 0.3) is 0 Å². The monoisotopic (exact) mass is 183 g/mol. The second-order valence-corrected chi connectivity index (χ2v) is 4.56. The second-order valence-electron chi connectivity index (χ2n) is 4.56. The Hall–Kier alpha value is -0.0400. The summed E-state index contributed by atoms with van der Waals surface area (Å²) in [5.41, 5.74) is 0. The second kappa shape index (κ2) is 6.42. The molecule has 0 amide bonds. The lowest BCUT2D eigenvalue weighted by Crippen LogP contribution is -2.20. The molecule has 0 aromatic rings. The van der Waals surface area contributed by atoms with Gasteiger partial charge < -0.3 is 4.90 Å². The molecule has 1 heterocycles. The molecule has 0 spiro atoms. The summed E-state index contributed by atoms with van der Waals surface area (Å²) in [6.07, 6.45) is 8.51. The fraction of sp³-hybridized carbons (Fsp3) is 1.00. The Morgan fingerprint density at radius 1 is 1.15 bits per heavy atom. The van der Waals surface area contributed by atoms with E-state index in [0.29, 0.717) is 0 Å². The zero-order valence-corrected chi connectivity index (χ0v) is 9.39. The van der Waals surface area contributed by atoms with Gasteiger partial charge in [0, 0.05) is 0 Å². The van der Waals surface area contributed by atoms with E-state index in [0.717, 1.165) is 5.92 Å². The third kappa shape index (κ3) is 4.66. The molecule has 1 saturated heterocycles. The predicted octanol–water partition coefficient (Wildman–Crippen LogP) is 3.30. The number of likely N-dealkylation sites (tertiary alicyclic amines) is 1. The molecule has 0 radical (unpaired) electrons. The van der Waals surface area contributed by atoms with Crippen LogP contribution in [-0.4, -0.2) is 24.5 Å². The Labute approximate surface area is 83.5 Å². The van der Waals surface area contributed by atoms with E-state index in [9.17, 15) is 0 Å². The van der Waals surface area contributed by atoms with Crippen LogP contribution in [0.2, 0.25) is 0 Å². The van der Waals surface area contributed by atoms with E-state index in [1.807, 2.05) is 0 Å². The summed E-state index contributed by atoms with van der Waals surface area (Å²) < 4.78 is 0. The van der Waals surface area contributed by atoms with Gasteiger partial charge in [-0.2, -0.15) is 0 Å². The maximum absolute atomic E-state index is 2.62. The van der Waals surface area contributed by atoms with Crippen LogP contribution in [0.15, 0.2) is 0 Å². The van der Waals surface area contributed by atoms with Gasteiger partial charge in [0.1, 0.15) is 0 Å². The van der Waals surface area contributed by atoms with Gasteiger partial charge in [0.2, 0.25) is 0 Å². The highest BCUT2D eigenvalue weighted by Gasteiger charge is 2.10. The largest absolute Gasteiger partial charge is 0.303 e. The quantitative estimate of drug-likeness (QED) is 0.571. The van der Waals surface area contributed by atoms with E-state index in [1.165, 1.54) is 58.2 Å². The van der Waals surface area contributed by atoms with Crippen molar-refractivity contribution in [1.29, 1.82) is 0 Å². The fourth-order valence-corrected chi connectivity index (χ4v) is 2.04. The Morgan fingerprint density at radius 2 is 1.85 bits per heavy atom. The summed E-state index contributed by atoms with van der Waals surface area (Å²) in [6, 6.07) is 0. The molecular formula is C12H25N. The number of rotatable bonds is 6. The summed E-state index contributed by atoms with van der Waals surface area (Å²) in [6.45, 7) is 8.75. The lowest BCUT2D eigenvalue weighted by molar-refractivity contribution is 0.322. The molecule has 1 heteroatoms. The average molecular weight is 183 g/mol. The van der Waals surface area contributed by atoms with Crippen molar-refractivity contribution in [3.63, 3.8) is 0 Å². The fourth-order valence-electron chi connectivity index (χ4n) is 2.04. The molecule has 78 valence electrons. The summed E-state index contributed by atoms with van der Waals surface area (Å²) in [5, 5.41) is 0. The molecule has 13 heavy (non-hydrogen) atoms. The van der Waals surface area contributed by atoms with E-state index < -0.39 is 0 Å². The Bertz CT molecular complexity index is 116. The van der Waals surface area contributed by atoms with Crippen molar-refractivity contribution in [2.24, 2.45) is 5.92 Å². The van der Waals surface area contributed by atoms with E-state index in [-0.39, 0.29) is 0 Å². The maximum Gasteiger partial charge on any atom is -0.00183 e. The van der Waals surface area contributed by atoms with Gasteiger partial charge in [0.15, 0.2) is 0 Å². The van der Waals surface area contributed by atoms with Gasteiger partial charge in [-0.3, -0.25) is 0 Å². The first-order chi connectivity index (χ1) is 6.33. The summed E-state index contributed by atoms with van der Waals surface area (Å²) in [4.78, 5) is 2.62. The number of hydrogen-bond acceptors (Lipinski definition) is 1. The van der Waals surface area contributed by atoms with Crippen LogP contribution in [0.5, 0.6) is 0 Å². The van der Waals surface area contributed by atoms with Crippen molar-refractivity contribution in [2.75, 3.05) is 19.6 Å². The van der Waals surface area contributed by atoms with E-state index in [1.54, 1.807) is 0 Å². The highest BCUT2D eigenvalue weighted by molar-refractivity contribution is 4.65. The topological polar surface area (TPSA) is 3.24 Å². The van der Waals surface area contributed by atoms with Crippen molar-refractivity contribution < 1.29 is 0 Å². The zero-order chi connectivity index (χ0) is 9.52. The molecule has 1 nitrogen and oxygen atoms in total. The highest BCUT2D eigenvalue weighted by atomic mass is 15.1. The van der Waals surface area contributed by atoms with Gasteiger partial charge in [-0.25, -0.2) is 0 Å². The first-order valence-electron chi connectivity index (χ1n) is 6.05. The number of nitrogens with zero attached hydrogens (tertiary/aromatic N) is 1. The molecule has 1 atom stereocenters. The molecule has 1 aliphatic heterocycles. The number of hydrogen-bond donors (Lipinski definition) is 0. The third-order valence-corrected chi connectivity index (χ3v) is 3.32. The van der Waals surface area contributed by atoms with Crippen molar-refractivity contribution in [3.05, 3.63) is 0 Å². The standard InChI is InChI=1S/C12H25N/c1-3-12(2)8-4-5-9-13-10-6-7-11-13/h12H,3-11H2,1-2H3. The Balaban J connectivity index is 1.88. The van der Waals surface area contributed by atoms with Gasteiger partial charge in [-0.15, -0.1) is 0 Å². The van der Waals surface area contributed by atoms with Gasteiger partial charge >= 0.3 is 0 Å². The molecular weight excluding hydrogens is 158 g/mol. The van der Waals surface area contributed by atoms with Crippen LogP contribution < -0.4 is 0 Å². The van der Waals surface area contributed by atoms with Crippen LogP contribution >= 0.6 is 0 Å². The van der Waals surface area contributed by atoms with E-state index in [4.69, 9.17) is 0 Å². The average Bonchev–Trinajstić information content (AvgIpc) is 2.64.